The molecule has 3 rings (SSSR count). The van der Waals surface area contributed by atoms with Crippen molar-refractivity contribution in [1.82, 2.24) is 15.5 Å². The number of aryl methyl sites for hydroxylation is 1. The molecule has 2 heterocycles. The molecule has 2 atom stereocenters. The summed E-state index contributed by atoms with van der Waals surface area (Å²) in [6.45, 7) is 3.63. The Labute approximate surface area is 113 Å². The van der Waals surface area contributed by atoms with Crippen LogP contribution in [0.5, 0.6) is 0 Å². The third-order valence-electron chi connectivity index (χ3n) is 4.12. The maximum Gasteiger partial charge on any atom is 0.272 e. The number of aromatic amines is 1. The smallest absolute Gasteiger partial charge is 0.272 e. The summed E-state index contributed by atoms with van der Waals surface area (Å²) >= 11 is 0. The van der Waals surface area contributed by atoms with Gasteiger partial charge in [-0.1, -0.05) is 6.92 Å². The Morgan fingerprint density at radius 2 is 2.42 bits per heavy atom. The van der Waals surface area contributed by atoms with Crippen LogP contribution in [0.3, 0.4) is 0 Å². The lowest BCUT2D eigenvalue weighted by Gasteiger charge is -2.18. The normalized spacial score (nSPS) is 26.2. The van der Waals surface area contributed by atoms with Crippen molar-refractivity contribution < 1.29 is 9.53 Å². The quantitative estimate of drug-likeness (QED) is 0.867. The number of nitrogens with zero attached hydrogens (tertiary/aromatic N) is 1. The Morgan fingerprint density at radius 3 is 3.21 bits per heavy atom. The van der Waals surface area contributed by atoms with Crippen LogP contribution in [-0.2, 0) is 17.6 Å². The summed E-state index contributed by atoms with van der Waals surface area (Å²) < 4.78 is 5.51. The SMILES string of the molecule is C[C@H]1CCc2[nH]nc(C(=O)NC[C@H]3CCCO3)c2C1. The Bertz CT molecular complexity index is 463. The number of carbonyl (C=O) groups is 1. The predicted molar refractivity (Wildman–Crippen MR) is 71.1 cm³/mol. The second-order valence-corrected chi connectivity index (χ2v) is 5.72. The summed E-state index contributed by atoms with van der Waals surface area (Å²) in [6.07, 6.45) is 5.44. The molecule has 0 unspecified atom stereocenters. The standard InChI is InChI=1S/C14H21N3O2/c1-9-4-5-12-11(7-9)13(17-16-12)14(18)15-8-10-3-2-6-19-10/h9-10H,2-8H2,1H3,(H,15,18)(H,16,17)/t9-,10+/m0/s1. The average molecular weight is 263 g/mol. The third kappa shape index (κ3) is 2.66. The number of fused-ring (bicyclic) bond motifs is 1. The molecule has 1 aromatic heterocycles. The van der Waals surface area contributed by atoms with E-state index in [2.05, 4.69) is 22.4 Å². The first-order valence-electron chi connectivity index (χ1n) is 7.20. The van der Waals surface area contributed by atoms with E-state index in [1.807, 2.05) is 0 Å². The molecule has 104 valence electrons. The van der Waals surface area contributed by atoms with Gasteiger partial charge in [0.05, 0.1) is 6.10 Å². The second kappa shape index (κ2) is 5.33. The zero-order chi connectivity index (χ0) is 13.2. The van der Waals surface area contributed by atoms with Gasteiger partial charge >= 0.3 is 0 Å². The van der Waals surface area contributed by atoms with E-state index in [0.29, 0.717) is 18.2 Å². The first-order valence-corrected chi connectivity index (χ1v) is 7.20. The number of rotatable bonds is 3. The van der Waals surface area contributed by atoms with E-state index in [1.165, 1.54) is 6.42 Å². The highest BCUT2D eigenvalue weighted by atomic mass is 16.5. The molecular formula is C14H21N3O2. The minimum atomic E-state index is -0.0675. The molecule has 1 fully saturated rings. The van der Waals surface area contributed by atoms with Crippen molar-refractivity contribution in [3.63, 3.8) is 0 Å². The third-order valence-corrected chi connectivity index (χ3v) is 4.12. The summed E-state index contributed by atoms with van der Waals surface area (Å²) in [6, 6.07) is 0. The van der Waals surface area contributed by atoms with Gasteiger partial charge in [-0.05, 0) is 38.0 Å². The molecule has 1 aliphatic heterocycles. The topological polar surface area (TPSA) is 67.0 Å². The van der Waals surface area contributed by atoms with E-state index in [9.17, 15) is 4.79 Å². The first kappa shape index (κ1) is 12.7. The Morgan fingerprint density at radius 1 is 1.53 bits per heavy atom. The fraction of sp³-hybridized carbons (Fsp3) is 0.714. The zero-order valence-corrected chi connectivity index (χ0v) is 11.4. The molecule has 0 bridgehead atoms. The minimum Gasteiger partial charge on any atom is -0.376 e. The van der Waals surface area contributed by atoms with Crippen molar-refractivity contribution in [1.29, 1.82) is 0 Å². The summed E-state index contributed by atoms with van der Waals surface area (Å²) in [4.78, 5) is 12.2. The number of amides is 1. The molecule has 0 aromatic carbocycles. The van der Waals surface area contributed by atoms with Gasteiger partial charge in [-0.15, -0.1) is 0 Å². The van der Waals surface area contributed by atoms with Crippen molar-refractivity contribution in [3.8, 4) is 0 Å². The number of hydrogen-bond donors (Lipinski definition) is 2. The first-order chi connectivity index (χ1) is 9.24. The molecule has 0 saturated carbocycles. The maximum atomic E-state index is 12.2. The van der Waals surface area contributed by atoms with E-state index >= 15 is 0 Å². The Balaban J connectivity index is 1.64. The van der Waals surface area contributed by atoms with Crippen LogP contribution in [0.15, 0.2) is 0 Å². The summed E-state index contributed by atoms with van der Waals surface area (Å²) in [5.41, 5.74) is 2.84. The van der Waals surface area contributed by atoms with Gasteiger partial charge in [-0.25, -0.2) is 0 Å². The van der Waals surface area contributed by atoms with Gasteiger partial charge in [0.15, 0.2) is 5.69 Å². The van der Waals surface area contributed by atoms with Crippen molar-refractivity contribution in [2.75, 3.05) is 13.2 Å². The number of aromatic nitrogens is 2. The molecule has 1 amide bonds. The molecule has 1 aromatic rings. The van der Waals surface area contributed by atoms with Gasteiger partial charge in [0, 0.05) is 24.4 Å². The highest BCUT2D eigenvalue weighted by Gasteiger charge is 2.25. The maximum absolute atomic E-state index is 12.2. The van der Waals surface area contributed by atoms with E-state index in [1.54, 1.807) is 0 Å². The van der Waals surface area contributed by atoms with Crippen LogP contribution in [0.1, 0.15) is 47.9 Å². The van der Waals surface area contributed by atoms with E-state index < -0.39 is 0 Å². The van der Waals surface area contributed by atoms with E-state index in [4.69, 9.17) is 4.74 Å². The van der Waals surface area contributed by atoms with Gasteiger partial charge in [0.2, 0.25) is 0 Å². The van der Waals surface area contributed by atoms with Gasteiger partial charge in [-0.2, -0.15) is 5.10 Å². The predicted octanol–water partition coefficient (Wildman–Crippen LogP) is 1.44. The van der Waals surface area contributed by atoms with Gasteiger partial charge in [0.1, 0.15) is 0 Å². The van der Waals surface area contributed by atoms with Crippen molar-refractivity contribution in [2.45, 2.75) is 45.1 Å². The van der Waals surface area contributed by atoms with Crippen molar-refractivity contribution in [2.24, 2.45) is 5.92 Å². The number of ether oxygens (including phenoxy) is 1. The molecule has 0 radical (unpaired) electrons. The minimum absolute atomic E-state index is 0.0675. The lowest BCUT2D eigenvalue weighted by molar-refractivity contribution is 0.0852. The number of H-pyrrole nitrogens is 1. The molecule has 1 aliphatic carbocycles. The summed E-state index contributed by atoms with van der Waals surface area (Å²) in [5, 5.41) is 10.2. The zero-order valence-electron chi connectivity index (χ0n) is 11.4. The van der Waals surface area contributed by atoms with Crippen LogP contribution >= 0.6 is 0 Å². The molecule has 2 aliphatic rings. The highest BCUT2D eigenvalue weighted by molar-refractivity contribution is 5.94. The molecule has 5 heteroatoms. The van der Waals surface area contributed by atoms with E-state index in [0.717, 1.165) is 43.5 Å². The van der Waals surface area contributed by atoms with Crippen LogP contribution in [0, 0.1) is 5.92 Å². The van der Waals surface area contributed by atoms with Crippen LogP contribution in [0.2, 0.25) is 0 Å². The molecular weight excluding hydrogens is 242 g/mol. The van der Waals surface area contributed by atoms with Crippen LogP contribution < -0.4 is 5.32 Å². The highest BCUT2D eigenvalue weighted by Crippen LogP contribution is 2.26. The molecule has 0 spiro atoms. The van der Waals surface area contributed by atoms with E-state index in [-0.39, 0.29) is 12.0 Å². The molecule has 19 heavy (non-hydrogen) atoms. The van der Waals surface area contributed by atoms with Gasteiger partial charge in [-0.3, -0.25) is 9.89 Å². The number of carbonyl (C=O) groups excluding carboxylic acids is 1. The molecule has 5 nitrogen and oxygen atoms in total. The fourth-order valence-electron chi connectivity index (χ4n) is 2.95. The van der Waals surface area contributed by atoms with Crippen LogP contribution in [0.4, 0.5) is 0 Å². The Hall–Kier alpha value is -1.36. The average Bonchev–Trinajstić information content (AvgIpc) is 3.04. The van der Waals surface area contributed by atoms with Gasteiger partial charge < -0.3 is 10.1 Å². The largest absolute Gasteiger partial charge is 0.376 e. The summed E-state index contributed by atoms with van der Waals surface area (Å²) in [5.74, 6) is 0.567. The van der Waals surface area contributed by atoms with Gasteiger partial charge in [0.25, 0.3) is 5.91 Å². The van der Waals surface area contributed by atoms with Crippen molar-refractivity contribution >= 4 is 5.91 Å². The van der Waals surface area contributed by atoms with Crippen LogP contribution in [0.25, 0.3) is 0 Å². The second-order valence-electron chi connectivity index (χ2n) is 5.72. The number of hydrogen-bond acceptors (Lipinski definition) is 3. The molecule has 1 saturated heterocycles. The Kier molecular flexibility index (Phi) is 3.55. The summed E-state index contributed by atoms with van der Waals surface area (Å²) in [7, 11) is 0. The molecule has 2 N–H and O–H groups in total. The number of nitrogens with one attached hydrogen (secondary N) is 2. The fourth-order valence-corrected chi connectivity index (χ4v) is 2.95. The lowest BCUT2D eigenvalue weighted by Crippen LogP contribution is -2.32. The monoisotopic (exact) mass is 263 g/mol. The van der Waals surface area contributed by atoms with Crippen molar-refractivity contribution in [3.05, 3.63) is 17.0 Å². The lowest BCUT2D eigenvalue weighted by atomic mass is 9.87. The van der Waals surface area contributed by atoms with Crippen LogP contribution in [-0.4, -0.2) is 35.4 Å².